The van der Waals surface area contributed by atoms with Crippen LogP contribution >= 0.6 is 7.26 Å². The summed E-state index contributed by atoms with van der Waals surface area (Å²) in [5, 5.41) is 3.09. The summed E-state index contributed by atoms with van der Waals surface area (Å²) in [6, 6.07) is 32.0. The van der Waals surface area contributed by atoms with E-state index in [0.29, 0.717) is 0 Å². The molecule has 31 heavy (non-hydrogen) atoms. The minimum Gasteiger partial charge on any atom is -1.00 e. The smallest absolute Gasteiger partial charge is 0.418 e. The Morgan fingerprint density at radius 2 is 1.03 bits per heavy atom. The Hall–Kier alpha value is -2.68. The zero-order valence-corrected chi connectivity index (χ0v) is 18.2. The number of rotatable bonds is 5. The van der Waals surface area contributed by atoms with Crippen molar-refractivity contribution in [2.24, 2.45) is 0 Å². The van der Waals surface area contributed by atoms with Gasteiger partial charge in [-0.15, -0.1) is 0 Å². The lowest BCUT2D eigenvalue weighted by Gasteiger charge is -2.28. The molecule has 3 aromatic carbocycles. The number of pyridine rings is 1. The molecule has 4 rings (SSSR count). The Balaban J connectivity index is 0.00000272. The van der Waals surface area contributed by atoms with Crippen LogP contribution < -0.4 is 28.3 Å². The second kappa shape index (κ2) is 9.64. The summed E-state index contributed by atoms with van der Waals surface area (Å²) < 4.78 is 41.4. The van der Waals surface area contributed by atoms with Crippen molar-refractivity contribution in [3.63, 3.8) is 0 Å². The highest BCUT2D eigenvalue weighted by Crippen LogP contribution is 2.58. The zero-order valence-electron chi connectivity index (χ0n) is 16.5. The number of hydrogen-bond acceptors (Lipinski definition) is 1. The molecule has 0 aliphatic heterocycles. The van der Waals surface area contributed by atoms with Crippen molar-refractivity contribution >= 4 is 23.2 Å². The summed E-state index contributed by atoms with van der Waals surface area (Å²) in [4.78, 5) is 4.21. The first-order chi connectivity index (χ1) is 14.5. The second-order valence-corrected chi connectivity index (χ2v) is 10.5. The van der Waals surface area contributed by atoms with Gasteiger partial charge in [0.1, 0.15) is 29.3 Å². The molecule has 0 fully saturated rings. The summed E-state index contributed by atoms with van der Waals surface area (Å²) in [5.74, 6) is 0. The molecule has 0 saturated heterocycles. The Morgan fingerprint density at radius 1 is 0.613 bits per heavy atom. The summed E-state index contributed by atoms with van der Waals surface area (Å²) in [6.07, 6.45) is -2.82. The van der Waals surface area contributed by atoms with Gasteiger partial charge in [-0.2, -0.15) is 13.2 Å². The zero-order chi connectivity index (χ0) is 21.0. The maximum Gasteiger partial charge on any atom is 0.418 e. The Labute approximate surface area is 186 Å². The Kier molecular flexibility index (Phi) is 7.15. The van der Waals surface area contributed by atoms with E-state index in [9.17, 15) is 13.2 Å². The van der Waals surface area contributed by atoms with Crippen LogP contribution in [-0.2, 0) is 12.3 Å². The molecule has 1 nitrogen and oxygen atoms in total. The lowest BCUT2D eigenvalue weighted by Crippen LogP contribution is -3.00. The molecule has 0 N–H and O–H groups in total. The van der Waals surface area contributed by atoms with E-state index >= 15 is 0 Å². The fourth-order valence-corrected chi connectivity index (χ4v) is 8.00. The molecule has 4 aromatic rings. The second-order valence-electron chi connectivity index (χ2n) is 6.97. The van der Waals surface area contributed by atoms with Gasteiger partial charge in [-0.3, -0.25) is 4.98 Å². The molecule has 0 radical (unpaired) electrons. The van der Waals surface area contributed by atoms with Gasteiger partial charge in [-0.1, -0.05) is 54.6 Å². The van der Waals surface area contributed by atoms with Crippen molar-refractivity contribution in [2.75, 3.05) is 0 Å². The van der Waals surface area contributed by atoms with Gasteiger partial charge in [0.15, 0.2) is 0 Å². The largest absolute Gasteiger partial charge is 1.00 e. The first-order valence-electron chi connectivity index (χ1n) is 9.58. The van der Waals surface area contributed by atoms with Crippen LogP contribution in [0.5, 0.6) is 0 Å². The number of alkyl halides is 3. The molecule has 0 aliphatic rings. The highest BCUT2D eigenvalue weighted by Gasteiger charge is 2.48. The van der Waals surface area contributed by atoms with Crippen molar-refractivity contribution < 1.29 is 25.6 Å². The number of benzene rings is 3. The topological polar surface area (TPSA) is 12.9 Å². The van der Waals surface area contributed by atoms with Crippen LogP contribution in [0, 0.1) is 0 Å². The molecule has 1 aromatic heterocycles. The van der Waals surface area contributed by atoms with Gasteiger partial charge in [-0.25, -0.2) is 0 Å². The third-order valence-electron chi connectivity index (χ3n) is 5.17. The standard InChI is InChI=1S/C25H20F3NP.ClH/c26-25(27,28)23-17-10-18-29-24(23)19-30(20-11-4-1-5-12-20,21-13-6-2-7-14-21)22-15-8-3-9-16-22;/h1-18H,19H2;1H/q+1;/p-1. The van der Waals surface area contributed by atoms with E-state index in [1.165, 1.54) is 12.3 Å². The maximum atomic E-state index is 13.8. The van der Waals surface area contributed by atoms with Crippen molar-refractivity contribution in [1.82, 2.24) is 4.98 Å². The summed E-state index contributed by atoms with van der Waals surface area (Å²) in [6.45, 7) is 0. The lowest BCUT2D eigenvalue weighted by molar-refractivity contribution is -0.138. The highest BCUT2D eigenvalue weighted by atomic mass is 35.5. The van der Waals surface area contributed by atoms with Crippen LogP contribution in [0.1, 0.15) is 11.3 Å². The minimum atomic E-state index is -4.46. The molecule has 0 bridgehead atoms. The number of hydrogen-bond donors (Lipinski definition) is 0. The van der Waals surface area contributed by atoms with E-state index in [1.807, 2.05) is 91.0 Å². The fraction of sp³-hybridized carbons (Fsp3) is 0.0800. The van der Waals surface area contributed by atoms with Gasteiger partial charge in [0.05, 0.1) is 11.3 Å². The van der Waals surface area contributed by atoms with Gasteiger partial charge in [0, 0.05) is 6.20 Å². The summed E-state index contributed by atoms with van der Waals surface area (Å²) >= 11 is 0. The van der Waals surface area contributed by atoms with Crippen LogP contribution in [0.3, 0.4) is 0 Å². The maximum absolute atomic E-state index is 13.8. The molecule has 0 aliphatic carbocycles. The normalized spacial score (nSPS) is 11.6. The van der Waals surface area contributed by atoms with E-state index in [1.54, 1.807) is 0 Å². The van der Waals surface area contributed by atoms with Gasteiger partial charge >= 0.3 is 6.18 Å². The van der Waals surface area contributed by atoms with Gasteiger partial charge < -0.3 is 12.4 Å². The minimum absolute atomic E-state index is 0. The predicted octanol–water partition coefficient (Wildman–Crippen LogP) is 2.60. The van der Waals surface area contributed by atoms with Crippen LogP contribution in [0.2, 0.25) is 0 Å². The van der Waals surface area contributed by atoms with E-state index < -0.39 is 19.0 Å². The molecule has 0 atom stereocenters. The molecule has 158 valence electrons. The molecule has 0 amide bonds. The summed E-state index contributed by atoms with van der Waals surface area (Å²) in [5.41, 5.74) is -0.591. The molecule has 0 spiro atoms. The monoisotopic (exact) mass is 457 g/mol. The summed E-state index contributed by atoms with van der Waals surface area (Å²) in [7, 11) is -2.43. The number of aromatic nitrogens is 1. The third-order valence-corrected chi connectivity index (χ3v) is 9.49. The Bertz CT molecular complexity index is 1010. The van der Waals surface area contributed by atoms with Crippen LogP contribution in [-0.4, -0.2) is 4.98 Å². The SMILES string of the molecule is FC(F)(F)c1cccnc1C[P+](c1ccccc1)(c1ccccc1)c1ccccc1.[Cl-]. The van der Waals surface area contributed by atoms with E-state index in [0.717, 1.165) is 22.0 Å². The first-order valence-corrected chi connectivity index (χ1v) is 11.6. The van der Waals surface area contributed by atoms with Gasteiger partial charge in [0.25, 0.3) is 0 Å². The molecule has 0 saturated carbocycles. The molecular formula is C25H20ClF3NP. The predicted molar refractivity (Wildman–Crippen MR) is 118 cm³/mol. The van der Waals surface area contributed by atoms with Gasteiger partial charge in [-0.05, 0) is 48.5 Å². The molecule has 1 heterocycles. The van der Waals surface area contributed by atoms with Crippen molar-refractivity contribution in [2.45, 2.75) is 12.3 Å². The number of halogens is 4. The molecular weight excluding hydrogens is 438 g/mol. The number of nitrogens with zero attached hydrogens (tertiary/aromatic N) is 1. The highest BCUT2D eigenvalue weighted by molar-refractivity contribution is 7.95. The molecule has 6 heteroatoms. The van der Waals surface area contributed by atoms with Crippen LogP contribution in [0.25, 0.3) is 0 Å². The van der Waals surface area contributed by atoms with E-state index in [4.69, 9.17) is 0 Å². The van der Waals surface area contributed by atoms with Crippen molar-refractivity contribution in [3.05, 3.63) is 121 Å². The fourth-order valence-electron chi connectivity index (χ4n) is 3.82. The van der Waals surface area contributed by atoms with E-state index in [-0.39, 0.29) is 24.3 Å². The first kappa shape index (κ1) is 23.0. The van der Waals surface area contributed by atoms with Crippen molar-refractivity contribution in [3.8, 4) is 0 Å². The lowest BCUT2D eigenvalue weighted by atomic mass is 10.2. The molecule has 0 unspecified atom stereocenters. The Morgan fingerprint density at radius 3 is 1.42 bits per heavy atom. The third kappa shape index (κ3) is 4.66. The quantitative estimate of drug-likeness (QED) is 0.420. The van der Waals surface area contributed by atoms with Crippen LogP contribution in [0.15, 0.2) is 109 Å². The van der Waals surface area contributed by atoms with E-state index in [2.05, 4.69) is 4.98 Å². The van der Waals surface area contributed by atoms with Crippen molar-refractivity contribution in [1.29, 1.82) is 0 Å². The van der Waals surface area contributed by atoms with Gasteiger partial charge in [0.2, 0.25) is 0 Å². The average Bonchev–Trinajstić information content (AvgIpc) is 2.79. The van der Waals surface area contributed by atoms with Crippen LogP contribution in [0.4, 0.5) is 13.2 Å². The average molecular weight is 458 g/mol.